The average molecular weight is 259 g/mol. The van der Waals surface area contributed by atoms with E-state index in [4.69, 9.17) is 4.74 Å². The van der Waals surface area contributed by atoms with E-state index in [9.17, 15) is 8.42 Å². The second-order valence-corrected chi connectivity index (χ2v) is 5.18. The number of hydrogen-bond acceptors (Lipinski definition) is 4. The average Bonchev–Trinajstić information content (AvgIpc) is 2.70. The Bertz CT molecular complexity index is 453. The van der Waals surface area contributed by atoms with E-state index in [0.29, 0.717) is 18.9 Å². The van der Waals surface area contributed by atoms with Crippen LogP contribution in [0.25, 0.3) is 0 Å². The van der Waals surface area contributed by atoms with E-state index < -0.39 is 10.0 Å². The highest BCUT2D eigenvalue weighted by Crippen LogP contribution is 2.09. The van der Waals surface area contributed by atoms with E-state index in [1.165, 1.54) is 6.20 Å². The molecule has 7 heteroatoms. The van der Waals surface area contributed by atoms with Crippen LogP contribution in [0.1, 0.15) is 12.1 Å². The molecule has 0 aromatic carbocycles. The van der Waals surface area contributed by atoms with Gasteiger partial charge in [0.25, 0.3) is 0 Å². The summed E-state index contributed by atoms with van der Waals surface area (Å²) in [6.07, 6.45) is 3.79. The second kappa shape index (κ2) is 6.53. The predicted molar refractivity (Wildman–Crippen MR) is 64.1 cm³/mol. The zero-order chi connectivity index (χ0) is 12.7. The lowest BCUT2D eigenvalue weighted by Crippen LogP contribution is -2.27. The zero-order valence-electron chi connectivity index (χ0n) is 9.77. The van der Waals surface area contributed by atoms with Crippen LogP contribution in [0.3, 0.4) is 0 Å². The summed E-state index contributed by atoms with van der Waals surface area (Å²) in [5.74, 6) is 0. The summed E-state index contributed by atoms with van der Waals surface area (Å²) in [5.41, 5.74) is 0.519. The van der Waals surface area contributed by atoms with Gasteiger partial charge in [0.05, 0.1) is 25.1 Å². The number of aromatic amines is 1. The predicted octanol–water partition coefficient (Wildman–Crippen LogP) is 0.589. The summed E-state index contributed by atoms with van der Waals surface area (Å²) in [4.78, 5) is 0.170. The van der Waals surface area contributed by atoms with Crippen molar-refractivity contribution in [3.63, 3.8) is 0 Å². The Morgan fingerprint density at radius 3 is 2.94 bits per heavy atom. The van der Waals surface area contributed by atoms with Crippen molar-refractivity contribution < 1.29 is 13.2 Å². The molecule has 96 valence electrons. The highest BCUT2D eigenvalue weighted by Gasteiger charge is 2.17. The van der Waals surface area contributed by atoms with Gasteiger partial charge in [-0.3, -0.25) is 5.10 Å². The maximum atomic E-state index is 11.8. The molecule has 0 aliphatic carbocycles. The summed E-state index contributed by atoms with van der Waals surface area (Å²) in [6, 6.07) is 0. The van der Waals surface area contributed by atoms with E-state index in [2.05, 4.69) is 21.5 Å². The van der Waals surface area contributed by atoms with E-state index >= 15 is 0 Å². The standard InChI is InChI=1S/C10H17N3O3S/c1-3-4-6-16-7-5-12-17(14,15)10-8-11-13-9(10)2/h3,8,12H,1,4-7H2,2H3,(H,11,13). The highest BCUT2D eigenvalue weighted by molar-refractivity contribution is 7.89. The summed E-state index contributed by atoms with van der Waals surface area (Å²) < 4.78 is 31.2. The van der Waals surface area contributed by atoms with Gasteiger partial charge >= 0.3 is 0 Å². The molecule has 0 saturated carbocycles. The number of nitrogens with one attached hydrogen (secondary N) is 2. The number of sulfonamides is 1. The van der Waals surface area contributed by atoms with Crippen LogP contribution in [0.15, 0.2) is 23.7 Å². The first-order valence-corrected chi connectivity index (χ1v) is 6.74. The SMILES string of the molecule is C=CCCOCCNS(=O)(=O)c1cn[nH]c1C. The smallest absolute Gasteiger partial charge is 0.244 e. The molecule has 6 nitrogen and oxygen atoms in total. The molecule has 1 heterocycles. The molecule has 0 aliphatic rings. The summed E-state index contributed by atoms with van der Waals surface area (Å²) >= 11 is 0. The number of H-pyrrole nitrogens is 1. The van der Waals surface area contributed by atoms with Crippen LogP contribution >= 0.6 is 0 Å². The minimum atomic E-state index is -3.48. The van der Waals surface area contributed by atoms with Crippen LogP contribution in [0.2, 0.25) is 0 Å². The summed E-state index contributed by atoms with van der Waals surface area (Å²) in [6.45, 7) is 6.34. The van der Waals surface area contributed by atoms with Crippen molar-refractivity contribution >= 4 is 10.0 Å². The lowest BCUT2D eigenvalue weighted by Gasteiger charge is -2.06. The fourth-order valence-electron chi connectivity index (χ4n) is 1.21. The van der Waals surface area contributed by atoms with Crippen molar-refractivity contribution in [3.8, 4) is 0 Å². The molecule has 0 unspecified atom stereocenters. The third-order valence-electron chi connectivity index (χ3n) is 2.08. The van der Waals surface area contributed by atoms with Crippen LogP contribution in [0.4, 0.5) is 0 Å². The molecule has 0 aliphatic heterocycles. The molecule has 0 spiro atoms. The molecule has 1 aromatic heterocycles. The third kappa shape index (κ3) is 4.29. The van der Waals surface area contributed by atoms with Gasteiger partial charge in [-0.05, 0) is 13.3 Å². The Morgan fingerprint density at radius 1 is 1.59 bits per heavy atom. The minimum absolute atomic E-state index is 0.170. The van der Waals surface area contributed by atoms with Crippen LogP contribution in [-0.4, -0.2) is 38.4 Å². The number of nitrogens with zero attached hydrogens (tertiary/aromatic N) is 1. The first kappa shape index (κ1) is 13.9. The van der Waals surface area contributed by atoms with Gasteiger partial charge in [-0.25, -0.2) is 13.1 Å². The van der Waals surface area contributed by atoms with Gasteiger partial charge in [-0.1, -0.05) is 6.08 Å². The molecular weight excluding hydrogens is 242 g/mol. The van der Waals surface area contributed by atoms with Crippen molar-refractivity contribution in [2.75, 3.05) is 19.8 Å². The second-order valence-electron chi connectivity index (χ2n) is 3.45. The lowest BCUT2D eigenvalue weighted by molar-refractivity contribution is 0.144. The Hall–Kier alpha value is -1.18. The van der Waals surface area contributed by atoms with E-state index in [1.54, 1.807) is 13.0 Å². The lowest BCUT2D eigenvalue weighted by atomic mass is 10.5. The Kier molecular flexibility index (Phi) is 5.33. The number of ether oxygens (including phenoxy) is 1. The summed E-state index contributed by atoms with van der Waals surface area (Å²) in [5, 5.41) is 6.25. The van der Waals surface area contributed by atoms with E-state index in [1.807, 2.05) is 0 Å². The monoisotopic (exact) mass is 259 g/mol. The van der Waals surface area contributed by atoms with Crippen molar-refractivity contribution in [2.24, 2.45) is 0 Å². The molecule has 1 aromatic rings. The van der Waals surface area contributed by atoms with E-state index in [0.717, 1.165) is 6.42 Å². The number of aryl methyl sites for hydroxylation is 1. The fraction of sp³-hybridized carbons (Fsp3) is 0.500. The number of aromatic nitrogens is 2. The first-order chi connectivity index (χ1) is 8.08. The molecule has 2 N–H and O–H groups in total. The van der Waals surface area contributed by atoms with E-state index in [-0.39, 0.29) is 11.4 Å². The molecule has 0 fully saturated rings. The Morgan fingerprint density at radius 2 is 2.35 bits per heavy atom. The van der Waals surface area contributed by atoms with Gasteiger partial charge in [0.1, 0.15) is 4.90 Å². The Balaban J connectivity index is 2.36. The fourth-order valence-corrected chi connectivity index (χ4v) is 2.35. The largest absolute Gasteiger partial charge is 0.380 e. The molecule has 0 radical (unpaired) electrons. The molecular formula is C10H17N3O3S. The van der Waals surface area contributed by atoms with Crippen LogP contribution in [-0.2, 0) is 14.8 Å². The quantitative estimate of drug-likeness (QED) is 0.528. The van der Waals surface area contributed by atoms with Crippen LogP contribution < -0.4 is 4.72 Å². The minimum Gasteiger partial charge on any atom is -0.380 e. The highest BCUT2D eigenvalue weighted by atomic mass is 32.2. The van der Waals surface area contributed by atoms with Crippen LogP contribution in [0, 0.1) is 6.92 Å². The van der Waals surface area contributed by atoms with Crippen molar-refractivity contribution in [3.05, 3.63) is 24.5 Å². The van der Waals surface area contributed by atoms with Gasteiger partial charge in [-0.2, -0.15) is 5.10 Å². The first-order valence-electron chi connectivity index (χ1n) is 5.26. The molecule has 0 saturated heterocycles. The van der Waals surface area contributed by atoms with Crippen molar-refractivity contribution in [1.82, 2.24) is 14.9 Å². The maximum Gasteiger partial charge on any atom is 0.244 e. The zero-order valence-corrected chi connectivity index (χ0v) is 10.6. The molecule has 0 atom stereocenters. The Labute approximate surface area is 101 Å². The number of rotatable bonds is 8. The third-order valence-corrected chi connectivity index (χ3v) is 3.65. The maximum absolute atomic E-state index is 11.8. The molecule has 1 rings (SSSR count). The summed E-state index contributed by atoms with van der Waals surface area (Å²) in [7, 11) is -3.48. The normalized spacial score (nSPS) is 11.6. The van der Waals surface area contributed by atoms with Gasteiger partial charge < -0.3 is 4.74 Å². The van der Waals surface area contributed by atoms with Gasteiger partial charge in [0.2, 0.25) is 10.0 Å². The topological polar surface area (TPSA) is 84.1 Å². The number of hydrogen-bond donors (Lipinski definition) is 2. The van der Waals surface area contributed by atoms with Crippen LogP contribution in [0.5, 0.6) is 0 Å². The van der Waals surface area contributed by atoms with Crippen molar-refractivity contribution in [2.45, 2.75) is 18.2 Å². The van der Waals surface area contributed by atoms with Gasteiger partial charge in [0, 0.05) is 6.54 Å². The van der Waals surface area contributed by atoms with Crippen molar-refractivity contribution in [1.29, 1.82) is 0 Å². The molecule has 17 heavy (non-hydrogen) atoms. The van der Waals surface area contributed by atoms with Gasteiger partial charge in [0.15, 0.2) is 0 Å². The molecule has 0 bridgehead atoms. The van der Waals surface area contributed by atoms with Gasteiger partial charge in [-0.15, -0.1) is 6.58 Å². The molecule has 0 amide bonds.